The fourth-order valence-electron chi connectivity index (χ4n) is 2.83. The summed E-state index contributed by atoms with van der Waals surface area (Å²) in [6, 6.07) is 8.95. The molecule has 3 rings (SSSR count). The average molecular weight is 405 g/mol. The van der Waals surface area contributed by atoms with Crippen molar-refractivity contribution >= 4 is 22.8 Å². The molecule has 0 aliphatic rings. The molecule has 0 amide bonds. The van der Waals surface area contributed by atoms with Crippen molar-refractivity contribution in [1.82, 2.24) is 25.6 Å². The van der Waals surface area contributed by atoms with Gasteiger partial charge in [0.1, 0.15) is 5.69 Å². The molecule has 4 N–H and O–H groups in total. The van der Waals surface area contributed by atoms with Gasteiger partial charge in [0.2, 0.25) is 5.95 Å². The summed E-state index contributed by atoms with van der Waals surface area (Å²) in [5, 5.41) is 10.3. The number of guanidine groups is 1. The predicted molar refractivity (Wildman–Crippen MR) is 107 cm³/mol. The van der Waals surface area contributed by atoms with Crippen molar-refractivity contribution in [2.75, 3.05) is 32.0 Å². The molecule has 0 aliphatic heterocycles. The Kier molecular flexibility index (Phi) is 6.53. The van der Waals surface area contributed by atoms with Crippen molar-refractivity contribution < 1.29 is 13.2 Å². The number of para-hydroxylation sites is 1. The fraction of sp³-hybridized carbons (Fsp3) is 0.316. The molecule has 0 aliphatic carbocycles. The first-order valence-electron chi connectivity index (χ1n) is 9.11. The third-order valence-corrected chi connectivity index (χ3v) is 4.23. The summed E-state index contributed by atoms with van der Waals surface area (Å²) in [5.74, 6) is 0.542. The summed E-state index contributed by atoms with van der Waals surface area (Å²) in [5.41, 5.74) is 1.34. The first kappa shape index (κ1) is 20.4. The molecule has 0 saturated carbocycles. The molecule has 0 fully saturated rings. The summed E-state index contributed by atoms with van der Waals surface area (Å²) in [4.78, 5) is 14.6. The van der Waals surface area contributed by atoms with Gasteiger partial charge in [-0.1, -0.05) is 18.2 Å². The fourth-order valence-corrected chi connectivity index (χ4v) is 2.83. The molecule has 0 unspecified atom stereocenters. The summed E-state index contributed by atoms with van der Waals surface area (Å²) in [7, 11) is 1.66. The van der Waals surface area contributed by atoms with Crippen LogP contribution in [0.4, 0.5) is 19.1 Å². The van der Waals surface area contributed by atoms with Gasteiger partial charge in [0.25, 0.3) is 0 Å². The number of halogens is 3. The minimum Gasteiger partial charge on any atom is -0.361 e. The Morgan fingerprint density at radius 2 is 1.90 bits per heavy atom. The number of H-pyrrole nitrogens is 1. The van der Waals surface area contributed by atoms with Crippen LogP contribution >= 0.6 is 0 Å². The maximum absolute atomic E-state index is 12.7. The number of nitrogens with zero attached hydrogens (tertiary/aromatic N) is 3. The van der Waals surface area contributed by atoms with Crippen molar-refractivity contribution in [2.45, 2.75) is 12.6 Å². The van der Waals surface area contributed by atoms with Crippen LogP contribution in [0.5, 0.6) is 0 Å². The Labute approximate surface area is 165 Å². The molecule has 0 radical (unpaired) electrons. The summed E-state index contributed by atoms with van der Waals surface area (Å²) in [6.07, 6.45) is -0.590. The van der Waals surface area contributed by atoms with Gasteiger partial charge in [0.15, 0.2) is 5.96 Å². The van der Waals surface area contributed by atoms with Gasteiger partial charge in [-0.05, 0) is 24.1 Å². The van der Waals surface area contributed by atoms with Crippen LogP contribution in [0.1, 0.15) is 11.3 Å². The van der Waals surface area contributed by atoms with E-state index in [9.17, 15) is 13.2 Å². The maximum Gasteiger partial charge on any atom is 0.433 e. The number of nitrogens with one attached hydrogen (secondary N) is 4. The molecule has 10 heteroatoms. The van der Waals surface area contributed by atoms with E-state index in [4.69, 9.17) is 0 Å². The van der Waals surface area contributed by atoms with E-state index in [0.717, 1.165) is 24.2 Å². The van der Waals surface area contributed by atoms with Gasteiger partial charge in [-0.25, -0.2) is 9.97 Å². The molecule has 3 aromatic rings. The molecule has 0 saturated heterocycles. The lowest BCUT2D eigenvalue weighted by Crippen LogP contribution is -2.40. The molecule has 154 valence electrons. The summed E-state index contributed by atoms with van der Waals surface area (Å²) >= 11 is 0. The molecule has 0 atom stereocenters. The third kappa shape index (κ3) is 5.59. The maximum atomic E-state index is 12.7. The zero-order valence-corrected chi connectivity index (χ0v) is 15.8. The zero-order chi connectivity index (χ0) is 20.7. The van der Waals surface area contributed by atoms with Gasteiger partial charge in [-0.15, -0.1) is 0 Å². The van der Waals surface area contributed by atoms with Crippen molar-refractivity contribution in [1.29, 1.82) is 0 Å². The van der Waals surface area contributed by atoms with Crippen LogP contribution < -0.4 is 16.0 Å². The first-order valence-corrected chi connectivity index (χ1v) is 9.11. The normalized spacial score (nSPS) is 12.2. The Balaban J connectivity index is 1.41. The Bertz CT molecular complexity index is 966. The highest BCUT2D eigenvalue weighted by Gasteiger charge is 2.32. The number of alkyl halides is 3. The number of hydrogen-bond donors (Lipinski definition) is 4. The van der Waals surface area contributed by atoms with E-state index in [-0.39, 0.29) is 5.95 Å². The monoisotopic (exact) mass is 405 g/mol. The molecule has 29 heavy (non-hydrogen) atoms. The van der Waals surface area contributed by atoms with Crippen molar-refractivity contribution in [2.24, 2.45) is 4.99 Å². The Morgan fingerprint density at radius 3 is 2.69 bits per heavy atom. The lowest BCUT2D eigenvalue weighted by Gasteiger charge is -2.12. The number of anilines is 1. The van der Waals surface area contributed by atoms with Crippen LogP contribution in [-0.2, 0) is 12.6 Å². The van der Waals surface area contributed by atoms with Crippen LogP contribution in [0.3, 0.4) is 0 Å². The van der Waals surface area contributed by atoms with Gasteiger partial charge >= 0.3 is 6.18 Å². The van der Waals surface area contributed by atoms with Crippen molar-refractivity contribution in [3.63, 3.8) is 0 Å². The second-order valence-electron chi connectivity index (χ2n) is 6.23. The number of benzene rings is 1. The Morgan fingerprint density at radius 1 is 1.10 bits per heavy atom. The standard InChI is InChI=1S/C19H22F3N7/c1-23-17(24-8-6-13-12-28-15-5-3-2-4-14(13)15)26-10-11-27-18-25-9-7-16(29-18)19(20,21)22/h2-5,7,9,12,28H,6,8,10-11H2,1H3,(H2,23,24,26)(H,25,27,29). The van der Waals surface area contributed by atoms with Crippen molar-refractivity contribution in [3.8, 4) is 0 Å². The number of aliphatic imine (C=N–C) groups is 1. The molecule has 7 nitrogen and oxygen atoms in total. The Hall–Kier alpha value is -3.30. The van der Waals surface area contributed by atoms with Crippen LogP contribution in [0.2, 0.25) is 0 Å². The lowest BCUT2D eigenvalue weighted by atomic mass is 10.1. The molecular weight excluding hydrogens is 383 g/mol. The smallest absolute Gasteiger partial charge is 0.361 e. The number of aromatic amines is 1. The highest BCUT2D eigenvalue weighted by molar-refractivity contribution is 5.83. The molecular formula is C19H22F3N7. The topological polar surface area (TPSA) is 90.0 Å². The van der Waals surface area contributed by atoms with Gasteiger partial charge in [0, 0.05) is 50.0 Å². The van der Waals surface area contributed by atoms with E-state index in [1.54, 1.807) is 7.05 Å². The van der Waals surface area contributed by atoms with E-state index in [1.165, 1.54) is 10.9 Å². The highest BCUT2D eigenvalue weighted by Crippen LogP contribution is 2.27. The van der Waals surface area contributed by atoms with E-state index >= 15 is 0 Å². The summed E-state index contributed by atoms with van der Waals surface area (Å²) in [6.45, 7) is 1.46. The summed E-state index contributed by atoms with van der Waals surface area (Å²) < 4.78 is 38.0. The quantitative estimate of drug-likeness (QED) is 0.276. The van der Waals surface area contributed by atoms with Crippen molar-refractivity contribution in [3.05, 3.63) is 54.0 Å². The number of aromatic nitrogens is 3. The largest absolute Gasteiger partial charge is 0.433 e. The van der Waals surface area contributed by atoms with E-state index in [0.29, 0.717) is 25.6 Å². The molecule has 2 heterocycles. The third-order valence-electron chi connectivity index (χ3n) is 4.23. The molecule has 0 bridgehead atoms. The molecule has 2 aromatic heterocycles. The molecule has 1 aromatic carbocycles. The highest BCUT2D eigenvalue weighted by atomic mass is 19.4. The first-order chi connectivity index (χ1) is 14.0. The van der Waals surface area contributed by atoms with Crippen LogP contribution in [0, 0.1) is 0 Å². The SMILES string of the molecule is CN=C(NCCNc1nccc(C(F)(F)F)n1)NCCc1c[nH]c2ccccc12. The zero-order valence-electron chi connectivity index (χ0n) is 15.8. The van der Waals surface area contributed by atoms with Gasteiger partial charge in [-0.3, -0.25) is 4.99 Å². The van der Waals surface area contributed by atoms with Crippen LogP contribution in [-0.4, -0.2) is 47.6 Å². The van der Waals surface area contributed by atoms with E-state index in [1.807, 2.05) is 24.4 Å². The minimum absolute atomic E-state index is 0.0658. The second-order valence-corrected chi connectivity index (χ2v) is 6.23. The number of rotatable bonds is 7. The second kappa shape index (κ2) is 9.26. The van der Waals surface area contributed by atoms with Gasteiger partial charge in [-0.2, -0.15) is 13.2 Å². The minimum atomic E-state index is -4.49. The van der Waals surface area contributed by atoms with E-state index < -0.39 is 11.9 Å². The molecule has 0 spiro atoms. The lowest BCUT2D eigenvalue weighted by molar-refractivity contribution is -0.141. The van der Waals surface area contributed by atoms with Gasteiger partial charge < -0.3 is 20.9 Å². The predicted octanol–water partition coefficient (Wildman–Crippen LogP) is 2.80. The number of fused-ring (bicyclic) bond motifs is 1. The van der Waals surface area contributed by atoms with E-state index in [2.05, 4.69) is 42.0 Å². The van der Waals surface area contributed by atoms with Gasteiger partial charge in [0.05, 0.1) is 0 Å². The average Bonchev–Trinajstić information content (AvgIpc) is 3.12. The number of hydrogen-bond acceptors (Lipinski definition) is 4. The van der Waals surface area contributed by atoms with Crippen LogP contribution in [0.15, 0.2) is 47.7 Å². The van der Waals surface area contributed by atoms with Crippen LogP contribution in [0.25, 0.3) is 10.9 Å².